The average molecular weight is 1430 g/mol. The molecule has 0 rings (SSSR count). The second kappa shape index (κ2) is 64.2. The molecule has 0 fully saturated rings. The molecular weight excluding hydrogens is 1300 g/mol. The number of hydroxylamine groups is 1. The van der Waals surface area contributed by atoms with Gasteiger partial charge in [-0.3, -0.25) is 57.5 Å². The van der Waals surface area contributed by atoms with Crippen LogP contribution >= 0.6 is 0 Å². The van der Waals surface area contributed by atoms with Gasteiger partial charge in [-0.2, -0.15) is 0 Å². The lowest BCUT2D eigenvalue weighted by molar-refractivity contribution is -0.151. The van der Waals surface area contributed by atoms with E-state index < -0.39 is 5.97 Å². The van der Waals surface area contributed by atoms with Crippen LogP contribution in [0.2, 0.25) is 0 Å². The van der Waals surface area contributed by atoms with Crippen molar-refractivity contribution < 1.29 is 62.4 Å². The summed E-state index contributed by atoms with van der Waals surface area (Å²) in [7, 11) is 0. The third-order valence-corrected chi connectivity index (χ3v) is 15.1. The molecule has 39 nitrogen and oxygen atoms in total. The summed E-state index contributed by atoms with van der Waals surface area (Å²) >= 11 is 0. The van der Waals surface area contributed by atoms with Crippen LogP contribution in [0.3, 0.4) is 0 Å². The van der Waals surface area contributed by atoms with Crippen molar-refractivity contribution in [1.29, 1.82) is 0 Å². The van der Waals surface area contributed by atoms with E-state index in [1.165, 1.54) is 0 Å². The third-order valence-electron chi connectivity index (χ3n) is 15.1. The van der Waals surface area contributed by atoms with Crippen molar-refractivity contribution in [1.82, 2.24) is 93.4 Å². The molecule has 0 saturated heterocycles. The van der Waals surface area contributed by atoms with Gasteiger partial charge in [-0.1, -0.05) is 0 Å². The second-order valence-corrected chi connectivity index (χ2v) is 23.2. The molecule has 0 aliphatic heterocycles. The van der Waals surface area contributed by atoms with Gasteiger partial charge in [-0.15, -0.1) is 5.48 Å². The zero-order valence-corrected chi connectivity index (χ0v) is 59.3. The highest BCUT2D eigenvalue weighted by Gasteiger charge is 2.20. The Morgan fingerprint density at radius 1 is 0.200 bits per heavy atom. The average Bonchev–Trinajstić information content (AvgIpc) is 1.08. The van der Waals surface area contributed by atoms with Gasteiger partial charge < -0.3 is 139 Å². The molecule has 0 aromatic rings. The number of carbonyl (C=O) groups is 12. The van der Waals surface area contributed by atoms with E-state index >= 15 is 0 Å². The van der Waals surface area contributed by atoms with Gasteiger partial charge in [0.2, 0.25) is 65.0 Å². The van der Waals surface area contributed by atoms with Crippen molar-refractivity contribution in [3.05, 3.63) is 0 Å². The van der Waals surface area contributed by atoms with Crippen LogP contribution in [0.5, 0.6) is 0 Å². The van der Waals surface area contributed by atoms with Crippen LogP contribution in [0.25, 0.3) is 0 Å². The van der Waals surface area contributed by atoms with E-state index in [1.54, 1.807) is 0 Å². The topological polar surface area (TPSA) is 586 Å². The molecule has 39 heteroatoms. The standard InChI is InChI=1S/C61H126N26O13/c62-13-20-70-50(88)1-31-82(32-2-51(89)71-21-14-63)43-27-77-57(95)8-38-86(39-9-58(96)78-28-44-83(33-3-52(90)72-22-15-64)34-4-53(91)73-23-16-65)47-48-87(40-10-59(97)79-29-45-84(35-5-54(92)74-24-17-66)36-6-55(93)75-25-18-67)41-11-60(98)80-30-46-85(37-7-56(94)76-26-19-68)42-12-61(99)100-81-49-69/h81H,1-49,62-69H2,(H,70,88)(H,71,89)(H,72,90)(H,73,91)(H,74,92)(H,75,93)(H,76,94)(H,77,95)(H,78,96)(H,79,97)(H,80,98). The minimum atomic E-state index is -0.569. The maximum Gasteiger partial charge on any atom is 0.326 e. The van der Waals surface area contributed by atoms with E-state index in [0.717, 1.165) is 0 Å². The Balaban J connectivity index is 6.81. The van der Waals surface area contributed by atoms with Crippen LogP contribution in [0.4, 0.5) is 0 Å². The van der Waals surface area contributed by atoms with Crippen LogP contribution < -0.4 is 110 Å². The molecule has 0 radical (unpaired) electrons. The van der Waals surface area contributed by atoms with Gasteiger partial charge in [0.1, 0.15) is 0 Å². The van der Waals surface area contributed by atoms with E-state index in [1.807, 2.05) is 29.4 Å². The molecule has 0 bridgehead atoms. The summed E-state index contributed by atoms with van der Waals surface area (Å²) in [6, 6.07) is 0. The number of hydrogen-bond acceptors (Lipinski definition) is 28. The first kappa shape index (κ1) is 93.0. The Kier molecular flexibility index (Phi) is 59.7. The number of carbonyl (C=O) groups excluding carboxylic acids is 12. The van der Waals surface area contributed by atoms with E-state index in [4.69, 9.17) is 50.7 Å². The summed E-state index contributed by atoms with van der Waals surface area (Å²) in [5.74, 6) is -3.33. The van der Waals surface area contributed by atoms with E-state index in [9.17, 15) is 57.5 Å². The van der Waals surface area contributed by atoms with Crippen molar-refractivity contribution in [2.75, 3.05) is 242 Å². The summed E-state index contributed by atoms with van der Waals surface area (Å²) in [4.78, 5) is 171. The lowest BCUT2D eigenvalue weighted by Gasteiger charge is -2.28. The third kappa shape index (κ3) is 56.8. The van der Waals surface area contributed by atoms with Crippen LogP contribution in [0.15, 0.2) is 0 Å². The fourth-order valence-corrected chi connectivity index (χ4v) is 9.44. The second-order valence-electron chi connectivity index (χ2n) is 23.2. The lowest BCUT2D eigenvalue weighted by atomic mass is 10.2. The highest BCUT2D eigenvalue weighted by Crippen LogP contribution is 2.04. The predicted molar refractivity (Wildman–Crippen MR) is 379 cm³/mol. The van der Waals surface area contributed by atoms with Crippen molar-refractivity contribution in [2.45, 2.75) is 77.0 Å². The number of nitrogens with zero attached hydrogens (tertiary/aromatic N) is 6. The molecule has 28 N–H and O–H groups in total. The summed E-state index contributed by atoms with van der Waals surface area (Å²) in [6.07, 6.45) is 0.862. The summed E-state index contributed by atoms with van der Waals surface area (Å²) in [5.41, 5.74) is 46.6. The fourth-order valence-electron chi connectivity index (χ4n) is 9.44. The van der Waals surface area contributed by atoms with E-state index in [0.29, 0.717) is 105 Å². The Bertz CT molecular complexity index is 1890. The molecule has 0 unspecified atom stereocenters. The molecule has 11 amide bonds. The summed E-state index contributed by atoms with van der Waals surface area (Å²) in [5, 5.41) is 30.9. The smallest absolute Gasteiger partial charge is 0.326 e. The van der Waals surface area contributed by atoms with Gasteiger partial charge in [0.25, 0.3) is 0 Å². The van der Waals surface area contributed by atoms with Crippen molar-refractivity contribution in [3.63, 3.8) is 0 Å². The largest absolute Gasteiger partial charge is 0.369 e. The number of amides is 11. The monoisotopic (exact) mass is 1430 g/mol. The Morgan fingerprint density at radius 3 is 0.510 bits per heavy atom. The van der Waals surface area contributed by atoms with Gasteiger partial charge >= 0.3 is 5.97 Å². The molecule has 578 valence electrons. The maximum atomic E-state index is 13.7. The summed E-state index contributed by atoms with van der Waals surface area (Å²) in [6.45, 7) is 9.44. The first-order chi connectivity index (χ1) is 48.2. The van der Waals surface area contributed by atoms with E-state index in [-0.39, 0.29) is 280 Å². The molecule has 0 atom stereocenters. The zero-order chi connectivity index (χ0) is 74.2. The van der Waals surface area contributed by atoms with Crippen LogP contribution in [-0.2, 0) is 62.4 Å². The highest BCUT2D eigenvalue weighted by molar-refractivity contribution is 5.80. The Hall–Kier alpha value is -6.96. The van der Waals surface area contributed by atoms with Gasteiger partial charge in [0, 0.05) is 306 Å². The normalized spacial score (nSPS) is 11.2. The van der Waals surface area contributed by atoms with Crippen LogP contribution in [0, 0.1) is 0 Å². The molecular formula is C61H126N26O13. The van der Waals surface area contributed by atoms with Gasteiger partial charge in [-0.25, -0.2) is 0 Å². The molecule has 0 spiro atoms. The minimum absolute atomic E-state index is 0.00295. The molecule has 0 heterocycles. The van der Waals surface area contributed by atoms with Crippen LogP contribution in [-0.4, -0.2) is 343 Å². The molecule has 0 saturated carbocycles. The molecule has 0 aromatic carbocycles. The SMILES string of the molecule is NCCNC(=O)CCN(CCNC(=O)CCN(CCC(=O)NCCN(CCC(=O)NCCN)CCC(=O)NCCN)CCN(CCC(=O)NCCN(CCC(=O)NCCN)CCC(=O)NCCN)CCC(=O)NCCN(CCC(=O)NCCN)CCC(=O)ONCN)CCC(=O)NCCN. The van der Waals surface area contributed by atoms with E-state index in [2.05, 4.69) is 64.0 Å². The first-order valence-corrected chi connectivity index (χ1v) is 35.1. The Labute approximate surface area is 590 Å². The number of nitrogens with two attached hydrogens (primary N) is 8. The Morgan fingerprint density at radius 2 is 0.350 bits per heavy atom. The molecule has 100 heavy (non-hydrogen) atoms. The number of nitrogens with one attached hydrogen (secondary N) is 12. The number of hydrogen-bond donors (Lipinski definition) is 20. The fraction of sp³-hybridized carbons (Fsp3) is 0.803. The van der Waals surface area contributed by atoms with Gasteiger partial charge in [0.15, 0.2) is 0 Å². The van der Waals surface area contributed by atoms with Gasteiger partial charge in [-0.05, 0) is 0 Å². The molecule has 0 aromatic heterocycles. The van der Waals surface area contributed by atoms with Gasteiger partial charge in [0.05, 0.1) is 13.1 Å². The lowest BCUT2D eigenvalue weighted by Crippen LogP contribution is -2.43. The van der Waals surface area contributed by atoms with Crippen molar-refractivity contribution in [3.8, 4) is 0 Å². The zero-order valence-electron chi connectivity index (χ0n) is 59.3. The predicted octanol–water partition coefficient (Wildman–Crippen LogP) is -11.6. The summed E-state index contributed by atoms with van der Waals surface area (Å²) < 4.78 is 0. The highest BCUT2D eigenvalue weighted by atomic mass is 16.7. The maximum absolute atomic E-state index is 13.7. The minimum Gasteiger partial charge on any atom is -0.369 e. The van der Waals surface area contributed by atoms with Crippen molar-refractivity contribution in [2.24, 2.45) is 45.9 Å². The molecule has 0 aliphatic carbocycles. The van der Waals surface area contributed by atoms with Crippen molar-refractivity contribution >= 4 is 70.9 Å². The van der Waals surface area contributed by atoms with Crippen LogP contribution in [0.1, 0.15) is 77.0 Å². The number of rotatable bonds is 67. The quantitative estimate of drug-likeness (QED) is 0.0199. The molecule has 0 aliphatic rings. The first-order valence-electron chi connectivity index (χ1n) is 35.1.